The number of carbonyl (C=O) groups is 1. The van der Waals surface area contributed by atoms with Gasteiger partial charge in [0, 0.05) is 16.6 Å². The monoisotopic (exact) mass is 444 g/mol. The number of carbonyl (C=O) groups excluding carboxylic acids is 1. The van der Waals surface area contributed by atoms with Crippen LogP contribution in [-0.4, -0.2) is 32.2 Å². The topological polar surface area (TPSA) is 75.3 Å². The van der Waals surface area contributed by atoms with Crippen LogP contribution < -0.4 is 10.0 Å². The van der Waals surface area contributed by atoms with Gasteiger partial charge in [-0.05, 0) is 69.1 Å². The summed E-state index contributed by atoms with van der Waals surface area (Å²) in [4.78, 5) is 12.1. The van der Waals surface area contributed by atoms with Crippen LogP contribution in [-0.2, 0) is 21.2 Å². The molecule has 0 spiro atoms. The van der Waals surface area contributed by atoms with Gasteiger partial charge < -0.3 is 5.32 Å². The highest BCUT2D eigenvalue weighted by Gasteiger charge is 2.25. The molecule has 1 aliphatic carbocycles. The van der Waals surface area contributed by atoms with Gasteiger partial charge in [0.2, 0.25) is 15.9 Å². The summed E-state index contributed by atoms with van der Waals surface area (Å²) in [6.45, 7) is 4.09. The Kier molecular flexibility index (Phi) is 8.10. The Morgan fingerprint density at radius 2 is 1.81 bits per heavy atom. The van der Waals surface area contributed by atoms with Crippen molar-refractivity contribution in [1.29, 1.82) is 0 Å². The molecule has 0 unspecified atom stereocenters. The summed E-state index contributed by atoms with van der Waals surface area (Å²) in [5.41, 5.74) is 1.19. The Hall–Kier alpha value is -0.920. The zero-order valence-electron chi connectivity index (χ0n) is 15.5. The van der Waals surface area contributed by atoms with Crippen LogP contribution in [0.4, 0.5) is 0 Å². The Morgan fingerprint density at radius 3 is 2.42 bits per heavy atom. The molecular formula is C19H29BrN2O3S. The molecule has 1 atom stereocenters. The van der Waals surface area contributed by atoms with Crippen molar-refractivity contribution in [3.8, 4) is 0 Å². The van der Waals surface area contributed by atoms with E-state index < -0.39 is 21.7 Å². The lowest BCUT2D eigenvalue weighted by atomic mass is 9.88. The van der Waals surface area contributed by atoms with Crippen LogP contribution in [0.3, 0.4) is 0 Å². The average molecular weight is 445 g/mol. The summed E-state index contributed by atoms with van der Waals surface area (Å²) < 4.78 is 28.1. The zero-order valence-corrected chi connectivity index (χ0v) is 17.9. The van der Waals surface area contributed by atoms with Gasteiger partial charge in [-0.1, -0.05) is 35.0 Å². The normalized spacial score (nSPS) is 22.0. The molecule has 0 bridgehead atoms. The van der Waals surface area contributed by atoms with Crippen LogP contribution in [0.1, 0.15) is 51.5 Å². The predicted octanol–water partition coefficient (Wildman–Crippen LogP) is 3.38. The molecule has 2 N–H and O–H groups in total. The van der Waals surface area contributed by atoms with Crippen molar-refractivity contribution in [2.45, 2.75) is 64.5 Å². The van der Waals surface area contributed by atoms with Crippen molar-refractivity contribution in [2.75, 3.05) is 5.75 Å². The van der Waals surface area contributed by atoms with Gasteiger partial charge in [0.05, 0.1) is 0 Å². The zero-order chi connectivity index (χ0) is 19.2. The molecule has 0 radical (unpaired) electrons. The maximum absolute atomic E-state index is 12.2. The summed E-state index contributed by atoms with van der Waals surface area (Å²) in [6, 6.07) is 7.96. The van der Waals surface area contributed by atoms with Gasteiger partial charge in [-0.25, -0.2) is 13.1 Å². The number of hydrogen-bond donors (Lipinski definition) is 2. The Bertz CT molecular complexity index is 683. The first-order valence-corrected chi connectivity index (χ1v) is 11.7. The van der Waals surface area contributed by atoms with Crippen LogP contribution >= 0.6 is 15.9 Å². The Labute approximate surface area is 165 Å². The van der Waals surface area contributed by atoms with Crippen molar-refractivity contribution in [3.63, 3.8) is 0 Å². The molecule has 1 fully saturated rings. The summed E-state index contributed by atoms with van der Waals surface area (Å²) in [5.74, 6) is -0.280. The van der Waals surface area contributed by atoms with Crippen molar-refractivity contribution in [2.24, 2.45) is 5.92 Å². The van der Waals surface area contributed by atoms with E-state index in [0.29, 0.717) is 5.92 Å². The second-order valence-corrected chi connectivity index (χ2v) is 10.1. The van der Waals surface area contributed by atoms with Crippen molar-refractivity contribution in [1.82, 2.24) is 10.0 Å². The van der Waals surface area contributed by atoms with E-state index in [0.717, 1.165) is 43.0 Å². The third-order valence-corrected chi connectivity index (χ3v) is 6.73. The minimum absolute atomic E-state index is 0.0289. The minimum Gasteiger partial charge on any atom is -0.353 e. The number of amides is 1. The first kappa shape index (κ1) is 21.4. The van der Waals surface area contributed by atoms with Crippen LogP contribution in [0.15, 0.2) is 28.7 Å². The fourth-order valence-corrected chi connectivity index (χ4v) is 4.79. The number of halogens is 1. The summed E-state index contributed by atoms with van der Waals surface area (Å²) in [7, 11) is -3.58. The van der Waals surface area contributed by atoms with Gasteiger partial charge >= 0.3 is 0 Å². The van der Waals surface area contributed by atoms with Gasteiger partial charge in [-0.15, -0.1) is 0 Å². The molecule has 5 nitrogen and oxygen atoms in total. The van der Waals surface area contributed by atoms with Crippen molar-refractivity contribution in [3.05, 3.63) is 34.3 Å². The van der Waals surface area contributed by atoms with E-state index in [-0.39, 0.29) is 12.1 Å². The van der Waals surface area contributed by atoms with E-state index in [1.165, 1.54) is 5.56 Å². The summed E-state index contributed by atoms with van der Waals surface area (Å²) in [5, 5.41) is 2.79. The van der Waals surface area contributed by atoms with Crippen molar-refractivity contribution >= 4 is 31.9 Å². The molecule has 7 heteroatoms. The third kappa shape index (κ3) is 7.76. The number of benzene rings is 1. The smallest absolute Gasteiger partial charge is 0.236 e. The van der Waals surface area contributed by atoms with Crippen LogP contribution in [0.25, 0.3) is 0 Å². The Balaban J connectivity index is 1.73. The molecule has 26 heavy (non-hydrogen) atoms. The Morgan fingerprint density at radius 1 is 1.19 bits per heavy atom. The SMILES string of the molecule is CC1CCC(NS(=O)(=O)CC(=O)N[C@H](C)CCc2ccc(Br)cc2)CC1. The van der Waals surface area contributed by atoms with Gasteiger partial charge in [-0.2, -0.15) is 0 Å². The molecule has 1 aliphatic rings. The van der Waals surface area contributed by atoms with Gasteiger partial charge in [0.1, 0.15) is 5.75 Å². The second kappa shape index (κ2) is 9.85. The fourth-order valence-electron chi connectivity index (χ4n) is 3.27. The van der Waals surface area contributed by atoms with E-state index in [1.807, 2.05) is 31.2 Å². The number of sulfonamides is 1. The third-order valence-electron chi connectivity index (χ3n) is 4.87. The van der Waals surface area contributed by atoms with Crippen LogP contribution in [0, 0.1) is 5.92 Å². The fraction of sp³-hybridized carbons (Fsp3) is 0.632. The summed E-state index contributed by atoms with van der Waals surface area (Å²) in [6.07, 6.45) is 5.37. The van der Waals surface area contributed by atoms with Gasteiger partial charge in [0.15, 0.2) is 0 Å². The molecule has 1 amide bonds. The number of rotatable bonds is 8. The molecule has 0 aliphatic heterocycles. The van der Waals surface area contributed by atoms with Gasteiger partial charge in [-0.3, -0.25) is 4.79 Å². The second-order valence-electron chi connectivity index (χ2n) is 7.47. The minimum atomic E-state index is -3.58. The molecule has 0 heterocycles. The molecule has 1 saturated carbocycles. The average Bonchev–Trinajstić information content (AvgIpc) is 2.55. The highest BCUT2D eigenvalue weighted by molar-refractivity contribution is 9.10. The maximum Gasteiger partial charge on any atom is 0.236 e. The van der Waals surface area contributed by atoms with E-state index in [1.54, 1.807) is 0 Å². The van der Waals surface area contributed by atoms with E-state index >= 15 is 0 Å². The largest absolute Gasteiger partial charge is 0.353 e. The lowest BCUT2D eigenvalue weighted by molar-refractivity contribution is -0.119. The maximum atomic E-state index is 12.2. The van der Waals surface area contributed by atoms with Crippen molar-refractivity contribution < 1.29 is 13.2 Å². The molecule has 1 aromatic carbocycles. The summed E-state index contributed by atoms with van der Waals surface area (Å²) >= 11 is 3.40. The lowest BCUT2D eigenvalue weighted by Gasteiger charge is -2.26. The van der Waals surface area contributed by atoms with Gasteiger partial charge in [0.25, 0.3) is 0 Å². The predicted molar refractivity (Wildman–Crippen MR) is 108 cm³/mol. The van der Waals surface area contributed by atoms with E-state index in [9.17, 15) is 13.2 Å². The number of aryl methyl sites for hydroxylation is 1. The molecule has 1 aromatic rings. The molecule has 0 saturated heterocycles. The quantitative estimate of drug-likeness (QED) is 0.644. The highest BCUT2D eigenvalue weighted by atomic mass is 79.9. The van der Waals surface area contributed by atoms with Crippen LogP contribution in [0.5, 0.6) is 0 Å². The van der Waals surface area contributed by atoms with E-state index in [4.69, 9.17) is 0 Å². The first-order chi connectivity index (χ1) is 12.2. The lowest BCUT2D eigenvalue weighted by Crippen LogP contribution is -2.44. The van der Waals surface area contributed by atoms with Crippen LogP contribution in [0.2, 0.25) is 0 Å². The standard InChI is InChI=1S/C19H29BrN2O3S/c1-14-3-11-18(12-4-14)22-26(24,25)13-19(23)21-15(2)5-6-16-7-9-17(20)10-8-16/h7-10,14-15,18,22H,3-6,11-13H2,1-2H3,(H,21,23)/t14?,15-,18?/m1/s1. The molecule has 146 valence electrons. The highest BCUT2D eigenvalue weighted by Crippen LogP contribution is 2.23. The molecular weight excluding hydrogens is 416 g/mol. The molecule has 2 rings (SSSR count). The number of nitrogens with one attached hydrogen (secondary N) is 2. The number of hydrogen-bond acceptors (Lipinski definition) is 3. The first-order valence-electron chi connectivity index (χ1n) is 9.27. The molecule has 0 aromatic heterocycles. The van der Waals surface area contributed by atoms with E-state index in [2.05, 4.69) is 32.9 Å².